The van der Waals surface area contributed by atoms with E-state index in [1.54, 1.807) is 12.1 Å². The molecule has 0 spiro atoms. The fourth-order valence-electron chi connectivity index (χ4n) is 1.53. The smallest absolute Gasteiger partial charge is 0.299 e. The summed E-state index contributed by atoms with van der Waals surface area (Å²) in [4.78, 5) is 0. The Kier molecular flexibility index (Phi) is 6.83. The van der Waals surface area contributed by atoms with E-state index >= 15 is 0 Å². The highest BCUT2D eigenvalue weighted by Gasteiger charge is 2.07. The monoisotopic (exact) mass is 285 g/mol. The van der Waals surface area contributed by atoms with E-state index in [1.165, 1.54) is 0 Å². The van der Waals surface area contributed by atoms with E-state index in [0.29, 0.717) is 12.2 Å². The molecule has 1 rings (SSSR count). The fourth-order valence-corrected chi connectivity index (χ4v) is 2.52. The van der Waals surface area contributed by atoms with Gasteiger partial charge in [-0.15, -0.1) is 0 Å². The van der Waals surface area contributed by atoms with Crippen LogP contribution in [-0.4, -0.2) is 21.5 Å². The summed E-state index contributed by atoms with van der Waals surface area (Å²) in [5.41, 5.74) is 1.71. The zero-order valence-corrected chi connectivity index (χ0v) is 12.4. The molecule has 0 fully saturated rings. The zero-order valence-electron chi connectivity index (χ0n) is 11.6. The van der Waals surface area contributed by atoms with Crippen LogP contribution in [0.3, 0.4) is 0 Å². The molecule has 0 radical (unpaired) electrons. The second kappa shape index (κ2) is 8.14. The van der Waals surface area contributed by atoms with Gasteiger partial charge in [0.1, 0.15) is 0 Å². The van der Waals surface area contributed by atoms with Crippen LogP contribution in [0.25, 0.3) is 0 Å². The molecule has 0 heterocycles. The van der Waals surface area contributed by atoms with Crippen molar-refractivity contribution in [3.05, 3.63) is 29.8 Å². The molecule has 0 atom stereocenters. The third-order valence-corrected chi connectivity index (χ3v) is 3.59. The highest BCUT2D eigenvalue weighted by Crippen LogP contribution is 2.10. The normalized spacial score (nSPS) is 11.5. The van der Waals surface area contributed by atoms with Crippen molar-refractivity contribution in [2.45, 2.75) is 33.2 Å². The lowest BCUT2D eigenvalue weighted by Gasteiger charge is -2.09. The van der Waals surface area contributed by atoms with Crippen LogP contribution in [0.2, 0.25) is 0 Å². The second-order valence-corrected chi connectivity index (χ2v) is 5.87. The lowest BCUT2D eigenvalue weighted by atomic mass is 10.2. The van der Waals surface area contributed by atoms with E-state index in [-0.39, 0.29) is 0 Å². The summed E-state index contributed by atoms with van der Waals surface area (Å²) < 4.78 is 28.2. The molecule has 3 N–H and O–H groups in total. The van der Waals surface area contributed by atoms with Gasteiger partial charge in [0.05, 0.1) is 0 Å². The molecule has 0 aromatic heterocycles. The van der Waals surface area contributed by atoms with E-state index in [0.717, 1.165) is 31.5 Å². The fraction of sp³-hybridized carbons (Fsp3) is 0.538. The summed E-state index contributed by atoms with van der Waals surface area (Å²) in [6, 6.07) is 7.38. The second-order valence-electron chi connectivity index (χ2n) is 4.37. The van der Waals surface area contributed by atoms with Crippen molar-refractivity contribution in [3.63, 3.8) is 0 Å². The Bertz CT molecular complexity index is 457. The minimum atomic E-state index is -3.45. The molecule has 6 heteroatoms. The van der Waals surface area contributed by atoms with Gasteiger partial charge in [0.25, 0.3) is 10.2 Å². The van der Waals surface area contributed by atoms with Crippen molar-refractivity contribution in [1.82, 2.24) is 10.0 Å². The Balaban J connectivity index is 2.52. The maximum Gasteiger partial charge on any atom is 0.299 e. The van der Waals surface area contributed by atoms with Crippen LogP contribution in [0.4, 0.5) is 5.69 Å². The Morgan fingerprint density at radius 1 is 1.00 bits per heavy atom. The first-order valence-electron chi connectivity index (χ1n) is 6.64. The molecule has 19 heavy (non-hydrogen) atoms. The van der Waals surface area contributed by atoms with E-state index in [9.17, 15) is 8.42 Å². The van der Waals surface area contributed by atoms with Gasteiger partial charge >= 0.3 is 0 Å². The molecule has 1 aromatic rings. The summed E-state index contributed by atoms with van der Waals surface area (Å²) in [5.74, 6) is 0. The SMILES string of the molecule is CCCNCc1ccc(NS(=O)(=O)NCCC)cc1. The van der Waals surface area contributed by atoms with E-state index in [2.05, 4.69) is 21.7 Å². The largest absolute Gasteiger partial charge is 0.313 e. The van der Waals surface area contributed by atoms with Crippen LogP contribution in [0.5, 0.6) is 0 Å². The van der Waals surface area contributed by atoms with Crippen molar-refractivity contribution in [3.8, 4) is 0 Å². The molecule has 0 saturated heterocycles. The Hall–Kier alpha value is -1.11. The van der Waals surface area contributed by atoms with Crippen LogP contribution in [0.15, 0.2) is 24.3 Å². The zero-order chi connectivity index (χ0) is 14.1. The lowest BCUT2D eigenvalue weighted by Crippen LogP contribution is -2.30. The minimum Gasteiger partial charge on any atom is -0.313 e. The number of hydrogen-bond acceptors (Lipinski definition) is 3. The van der Waals surface area contributed by atoms with Gasteiger partial charge in [-0.25, -0.2) is 0 Å². The average molecular weight is 285 g/mol. The van der Waals surface area contributed by atoms with Crippen LogP contribution in [0.1, 0.15) is 32.3 Å². The van der Waals surface area contributed by atoms with Gasteiger partial charge in [0.15, 0.2) is 0 Å². The number of rotatable bonds is 9. The molecule has 0 saturated carbocycles. The molecule has 5 nitrogen and oxygen atoms in total. The van der Waals surface area contributed by atoms with Gasteiger partial charge in [-0.05, 0) is 37.1 Å². The Morgan fingerprint density at radius 3 is 2.21 bits per heavy atom. The van der Waals surface area contributed by atoms with Gasteiger partial charge in [0.2, 0.25) is 0 Å². The summed E-state index contributed by atoms with van der Waals surface area (Å²) in [5, 5.41) is 3.30. The maximum atomic E-state index is 11.6. The Morgan fingerprint density at radius 2 is 1.63 bits per heavy atom. The molecule has 108 valence electrons. The summed E-state index contributed by atoms with van der Waals surface area (Å²) >= 11 is 0. The highest BCUT2D eigenvalue weighted by atomic mass is 32.2. The van der Waals surface area contributed by atoms with Gasteiger partial charge in [-0.2, -0.15) is 13.1 Å². The average Bonchev–Trinajstić information content (AvgIpc) is 2.38. The number of nitrogens with one attached hydrogen (secondary N) is 3. The van der Waals surface area contributed by atoms with Gasteiger partial charge in [-0.3, -0.25) is 4.72 Å². The quantitative estimate of drug-likeness (QED) is 0.606. The Labute approximate surface area is 116 Å². The van der Waals surface area contributed by atoms with Crippen LogP contribution in [0, 0.1) is 0 Å². The van der Waals surface area contributed by atoms with Gasteiger partial charge < -0.3 is 5.32 Å². The molecular formula is C13H23N3O2S. The summed E-state index contributed by atoms with van der Waals surface area (Å²) in [6.45, 7) is 6.26. The summed E-state index contributed by atoms with van der Waals surface area (Å²) in [7, 11) is -3.45. The molecule has 0 aliphatic heterocycles. The topological polar surface area (TPSA) is 70.2 Å². The first-order valence-corrected chi connectivity index (χ1v) is 8.12. The third-order valence-electron chi connectivity index (χ3n) is 2.50. The molecule has 0 bridgehead atoms. The summed E-state index contributed by atoms with van der Waals surface area (Å²) in [6.07, 6.45) is 1.87. The predicted octanol–water partition coefficient (Wildman–Crippen LogP) is 1.84. The first kappa shape index (κ1) is 15.9. The lowest BCUT2D eigenvalue weighted by molar-refractivity contribution is 0.586. The van der Waals surface area contributed by atoms with E-state index in [4.69, 9.17) is 0 Å². The highest BCUT2D eigenvalue weighted by molar-refractivity contribution is 7.90. The number of anilines is 1. The van der Waals surface area contributed by atoms with Crippen molar-refractivity contribution >= 4 is 15.9 Å². The predicted molar refractivity (Wildman–Crippen MR) is 79.3 cm³/mol. The number of hydrogen-bond donors (Lipinski definition) is 3. The molecule has 0 aliphatic rings. The first-order chi connectivity index (χ1) is 9.07. The third kappa shape index (κ3) is 6.56. The minimum absolute atomic E-state index is 0.439. The van der Waals surface area contributed by atoms with Crippen molar-refractivity contribution in [1.29, 1.82) is 0 Å². The van der Waals surface area contributed by atoms with Crippen LogP contribution in [-0.2, 0) is 16.8 Å². The van der Waals surface area contributed by atoms with Gasteiger partial charge in [0, 0.05) is 18.8 Å². The van der Waals surface area contributed by atoms with Crippen molar-refractivity contribution in [2.24, 2.45) is 0 Å². The van der Waals surface area contributed by atoms with Crippen LogP contribution >= 0.6 is 0 Å². The molecule has 0 aliphatic carbocycles. The van der Waals surface area contributed by atoms with Gasteiger partial charge in [-0.1, -0.05) is 26.0 Å². The molecule has 0 unspecified atom stereocenters. The van der Waals surface area contributed by atoms with Crippen molar-refractivity contribution in [2.75, 3.05) is 17.8 Å². The molecule has 0 amide bonds. The molecular weight excluding hydrogens is 262 g/mol. The standard InChI is InChI=1S/C13H23N3O2S/c1-3-9-14-11-12-5-7-13(8-6-12)16-19(17,18)15-10-4-2/h5-8,14-16H,3-4,9-11H2,1-2H3. The van der Waals surface area contributed by atoms with E-state index in [1.807, 2.05) is 19.1 Å². The van der Waals surface area contributed by atoms with Crippen LogP contribution < -0.4 is 14.8 Å². The number of benzene rings is 1. The molecule has 1 aromatic carbocycles. The van der Waals surface area contributed by atoms with E-state index < -0.39 is 10.2 Å². The maximum absolute atomic E-state index is 11.6. The van der Waals surface area contributed by atoms with Crippen molar-refractivity contribution < 1.29 is 8.42 Å².